The minimum absolute atomic E-state index is 0.553. The molecule has 0 aliphatic carbocycles. The van der Waals surface area contributed by atoms with Gasteiger partial charge < -0.3 is 0 Å². The molecule has 0 N–H and O–H groups in total. The van der Waals surface area contributed by atoms with Crippen LogP contribution in [0.3, 0.4) is 0 Å². The number of hydrogen-bond acceptors (Lipinski definition) is 0. The molecule has 0 bridgehead atoms. The summed E-state index contributed by atoms with van der Waals surface area (Å²) >= 11 is -0.525. The number of fused-ring (bicyclic) bond motifs is 6. The molecule has 0 radical (unpaired) electrons. The van der Waals surface area contributed by atoms with Crippen LogP contribution in [-0.2, 0) is 0 Å². The zero-order valence-electron chi connectivity index (χ0n) is 31.3. The van der Waals surface area contributed by atoms with E-state index in [1.165, 1.54) is 103 Å². The normalized spacial score (nSPS) is 12.4. The predicted molar refractivity (Wildman–Crippen MR) is 249 cm³/mol. The second-order valence-electron chi connectivity index (χ2n) is 15.2. The summed E-state index contributed by atoms with van der Waals surface area (Å²) in [4.78, 5) is 0. The number of rotatable bonds is 5. The molecule has 10 aromatic rings. The van der Waals surface area contributed by atoms with Crippen molar-refractivity contribution < 1.29 is 0 Å². The van der Waals surface area contributed by atoms with Crippen LogP contribution in [-0.4, -0.2) is 31.9 Å². The third-order valence-electron chi connectivity index (χ3n) is 12.0. The Kier molecular flexibility index (Phi) is 8.15. The Balaban J connectivity index is 1.29. The van der Waals surface area contributed by atoms with Gasteiger partial charge in [-0.25, -0.2) is 0 Å². The molecule has 2 heteroatoms. The van der Waals surface area contributed by atoms with E-state index in [-0.39, 0.29) is 0 Å². The molecule has 0 saturated carbocycles. The summed E-state index contributed by atoms with van der Waals surface area (Å²) in [6, 6.07) is 75.4. The molecule has 0 fully saturated rings. The van der Waals surface area contributed by atoms with Crippen molar-refractivity contribution in [2.75, 3.05) is 0 Å². The quantitative estimate of drug-likeness (QED) is 0.120. The molecule has 56 heavy (non-hydrogen) atoms. The number of benzene rings is 10. The topological polar surface area (TPSA) is 0 Å². The predicted octanol–water partition coefficient (Wildman–Crippen LogP) is 10.6. The number of hydrogen-bond donors (Lipinski definition) is 0. The minimum atomic E-state index is -1.08. The van der Waals surface area contributed by atoms with Gasteiger partial charge in [0, 0.05) is 0 Å². The Morgan fingerprint density at radius 3 is 1.59 bits per heavy atom. The molecule has 1 aliphatic heterocycles. The molecule has 0 unspecified atom stereocenters. The van der Waals surface area contributed by atoms with Gasteiger partial charge in [0.05, 0.1) is 0 Å². The third kappa shape index (κ3) is 5.43. The zero-order valence-corrected chi connectivity index (χ0v) is 38.4. The van der Waals surface area contributed by atoms with Crippen molar-refractivity contribution in [2.24, 2.45) is 0 Å². The molecular weight excluding hydrogens is 794 g/mol. The van der Waals surface area contributed by atoms with Gasteiger partial charge in [0.2, 0.25) is 0 Å². The zero-order chi connectivity index (χ0) is 37.2. The van der Waals surface area contributed by atoms with Crippen LogP contribution in [0, 0.1) is 0 Å². The average molecular weight is 832 g/mol. The summed E-state index contributed by atoms with van der Waals surface area (Å²) < 4.78 is 4.65. The fraction of sp³-hybridized carbons (Fsp3) is 0. The molecule has 0 atom stereocenters. The van der Waals surface area contributed by atoms with Crippen molar-refractivity contribution in [3.8, 4) is 66.8 Å². The van der Waals surface area contributed by atoms with Gasteiger partial charge in [-0.2, -0.15) is 0 Å². The summed E-state index contributed by atoms with van der Waals surface area (Å²) in [5.41, 5.74) is 15.8. The monoisotopic (exact) mass is 834 g/mol. The molecule has 0 saturated heterocycles. The van der Waals surface area contributed by atoms with Gasteiger partial charge in [0.1, 0.15) is 0 Å². The van der Waals surface area contributed by atoms with E-state index in [4.69, 9.17) is 0 Å². The summed E-state index contributed by atoms with van der Waals surface area (Å²) in [6.07, 6.45) is 0. The maximum absolute atomic E-state index is 2.52. The third-order valence-corrected chi connectivity index (χ3v) is 18.0. The standard InChI is InChI=1S/C54H38Ge2/c55-50-28-10-8-21-42(50)39-20-7-6-19-38(39)40-23-12-25-44-47(40)33-48-41(43-27-14-30-52-54(43)46-22-9-11-29-51(46)56-52)24-13-26-45(48)53(44)49-32-36(34-15-2-1-3-16-34)31-35-17-4-5-18-37(35)49/h1-33H,56H2,55H3. The van der Waals surface area contributed by atoms with Gasteiger partial charge in [0.15, 0.2) is 0 Å². The van der Waals surface area contributed by atoms with Crippen LogP contribution < -0.4 is 13.2 Å². The van der Waals surface area contributed by atoms with E-state index in [1.54, 1.807) is 8.79 Å². The van der Waals surface area contributed by atoms with E-state index < -0.39 is 15.4 Å². The molecule has 1 heterocycles. The molecule has 0 nitrogen and oxygen atoms in total. The van der Waals surface area contributed by atoms with Crippen LogP contribution in [0.15, 0.2) is 200 Å². The molecule has 1 aliphatic rings. The van der Waals surface area contributed by atoms with Gasteiger partial charge in [-0.15, -0.1) is 0 Å². The Morgan fingerprint density at radius 2 is 0.821 bits per heavy atom. The second-order valence-corrected chi connectivity index (χ2v) is 21.4. The van der Waals surface area contributed by atoms with Crippen LogP contribution in [0.1, 0.15) is 0 Å². The first-order valence-electron chi connectivity index (χ1n) is 19.6. The molecule has 0 spiro atoms. The van der Waals surface area contributed by atoms with Gasteiger partial charge in [-0.3, -0.25) is 0 Å². The van der Waals surface area contributed by atoms with Gasteiger partial charge >= 0.3 is 326 Å². The Bertz CT molecular complexity index is 3180. The fourth-order valence-corrected chi connectivity index (χ4v) is 14.9. The second kappa shape index (κ2) is 13.7. The van der Waals surface area contributed by atoms with Crippen molar-refractivity contribution >= 4 is 77.5 Å². The average Bonchev–Trinajstić information content (AvgIpc) is 3.65. The Hall–Kier alpha value is -5.93. The van der Waals surface area contributed by atoms with Crippen LogP contribution in [0.2, 0.25) is 0 Å². The maximum atomic E-state index is 2.52. The van der Waals surface area contributed by atoms with E-state index in [0.717, 1.165) is 0 Å². The van der Waals surface area contributed by atoms with E-state index >= 15 is 0 Å². The molecule has 10 aromatic carbocycles. The molecule has 262 valence electrons. The van der Waals surface area contributed by atoms with E-state index in [9.17, 15) is 0 Å². The van der Waals surface area contributed by atoms with Crippen LogP contribution in [0.4, 0.5) is 0 Å². The summed E-state index contributed by atoms with van der Waals surface area (Å²) in [7, 11) is 0. The van der Waals surface area contributed by atoms with Crippen LogP contribution in [0.5, 0.6) is 0 Å². The van der Waals surface area contributed by atoms with E-state index in [2.05, 4.69) is 200 Å². The first-order chi connectivity index (χ1) is 27.7. The summed E-state index contributed by atoms with van der Waals surface area (Å²) in [5.74, 6) is 0. The first kappa shape index (κ1) is 33.4. The fourth-order valence-electron chi connectivity index (χ4n) is 9.48. The van der Waals surface area contributed by atoms with Gasteiger partial charge in [-0.1, -0.05) is 18.2 Å². The first-order valence-corrected chi connectivity index (χ1v) is 24.7. The van der Waals surface area contributed by atoms with Crippen molar-refractivity contribution in [1.29, 1.82) is 0 Å². The van der Waals surface area contributed by atoms with Gasteiger partial charge in [-0.05, 0) is 0 Å². The van der Waals surface area contributed by atoms with Crippen molar-refractivity contribution in [1.82, 2.24) is 0 Å². The Labute approximate surface area is 342 Å². The van der Waals surface area contributed by atoms with Crippen molar-refractivity contribution in [3.05, 3.63) is 200 Å². The summed E-state index contributed by atoms with van der Waals surface area (Å²) in [5, 5.41) is 7.66. The van der Waals surface area contributed by atoms with E-state index in [0.29, 0.717) is 16.5 Å². The van der Waals surface area contributed by atoms with Crippen LogP contribution in [0.25, 0.3) is 99.1 Å². The van der Waals surface area contributed by atoms with Crippen molar-refractivity contribution in [3.63, 3.8) is 0 Å². The van der Waals surface area contributed by atoms with Gasteiger partial charge in [0.25, 0.3) is 0 Å². The van der Waals surface area contributed by atoms with Crippen LogP contribution >= 0.6 is 0 Å². The van der Waals surface area contributed by atoms with E-state index in [1.807, 2.05) is 0 Å². The molecular formula is C54H38Ge2. The molecule has 0 aromatic heterocycles. The van der Waals surface area contributed by atoms with Crippen molar-refractivity contribution in [2.45, 2.75) is 0 Å². The Morgan fingerprint density at radius 1 is 0.286 bits per heavy atom. The summed E-state index contributed by atoms with van der Waals surface area (Å²) in [6.45, 7) is 0. The SMILES string of the molecule is [GeH3][c]1ccccc1-c1ccccc1-c1cccc2c(-c3cc(-c4ccccc4)cc4ccccc34)c3cccc(-c4ccc[c]5c4-c4cccc[c]4[GeH2]5)c3cc12. The molecule has 0 amide bonds. The molecule has 11 rings (SSSR count).